The third kappa shape index (κ3) is 3.35. The van der Waals surface area contributed by atoms with E-state index in [1.807, 2.05) is 6.92 Å². The predicted molar refractivity (Wildman–Crippen MR) is 80.8 cm³/mol. The van der Waals surface area contributed by atoms with Crippen LogP contribution in [0.1, 0.15) is 15.9 Å². The van der Waals surface area contributed by atoms with Gasteiger partial charge in [-0.1, -0.05) is 17.7 Å². The number of hydrogen-bond donors (Lipinski definition) is 0. The number of carbonyl (C=O) groups is 1. The molecule has 0 aliphatic carbocycles. The Bertz CT molecular complexity index is 745. The summed E-state index contributed by atoms with van der Waals surface area (Å²) in [7, 11) is 1.31. The first kappa shape index (κ1) is 15.8. The Labute approximate surface area is 131 Å². The molecule has 6 nitrogen and oxygen atoms in total. The molecule has 0 aromatic heterocycles. The van der Waals surface area contributed by atoms with E-state index in [1.165, 1.54) is 19.2 Å². The zero-order valence-electron chi connectivity index (χ0n) is 11.8. The van der Waals surface area contributed by atoms with Crippen LogP contribution in [0, 0.1) is 17.0 Å². The van der Waals surface area contributed by atoms with Crippen molar-refractivity contribution in [2.24, 2.45) is 0 Å². The Morgan fingerprint density at radius 1 is 1.18 bits per heavy atom. The van der Waals surface area contributed by atoms with Crippen LogP contribution in [-0.2, 0) is 0 Å². The first-order valence-corrected chi connectivity index (χ1v) is 6.61. The normalized spacial score (nSPS) is 10.1. The van der Waals surface area contributed by atoms with E-state index in [0.29, 0.717) is 0 Å². The predicted octanol–water partition coefficient (Wildman–Crippen LogP) is 3.78. The summed E-state index contributed by atoms with van der Waals surface area (Å²) < 4.78 is 10.1. The summed E-state index contributed by atoms with van der Waals surface area (Å²) in [6, 6.07) is 8.82. The van der Waals surface area contributed by atoms with Crippen LogP contribution in [0.5, 0.6) is 11.5 Å². The molecule has 2 aromatic rings. The van der Waals surface area contributed by atoms with Gasteiger partial charge in [0.25, 0.3) is 0 Å². The number of halogens is 1. The second-order valence-electron chi connectivity index (χ2n) is 4.47. The topological polar surface area (TPSA) is 78.7 Å². The summed E-state index contributed by atoms with van der Waals surface area (Å²) in [6.45, 7) is 1.83. The van der Waals surface area contributed by atoms with Crippen LogP contribution in [0.15, 0.2) is 36.4 Å². The average molecular weight is 322 g/mol. The minimum atomic E-state index is -0.738. The van der Waals surface area contributed by atoms with E-state index in [0.717, 1.165) is 11.6 Å². The summed E-state index contributed by atoms with van der Waals surface area (Å²) in [5.41, 5.74) is 0.588. The second kappa shape index (κ2) is 6.44. The molecular weight excluding hydrogens is 310 g/mol. The molecule has 0 aliphatic rings. The minimum Gasteiger partial charge on any atom is -0.490 e. The highest BCUT2D eigenvalue weighted by atomic mass is 35.5. The molecule has 0 saturated carbocycles. The Morgan fingerprint density at radius 2 is 1.91 bits per heavy atom. The second-order valence-corrected chi connectivity index (χ2v) is 4.87. The molecule has 22 heavy (non-hydrogen) atoms. The molecule has 7 heteroatoms. The monoisotopic (exact) mass is 321 g/mol. The molecule has 114 valence electrons. The molecule has 2 rings (SSSR count). The number of aryl methyl sites for hydroxylation is 1. The van der Waals surface area contributed by atoms with Gasteiger partial charge < -0.3 is 9.47 Å². The zero-order chi connectivity index (χ0) is 16.3. The molecule has 0 aliphatic heterocycles. The molecule has 0 saturated heterocycles. The van der Waals surface area contributed by atoms with Gasteiger partial charge in [0, 0.05) is 6.07 Å². The Hall–Kier alpha value is -2.60. The van der Waals surface area contributed by atoms with Gasteiger partial charge in [0.05, 0.1) is 22.6 Å². The Morgan fingerprint density at radius 3 is 2.55 bits per heavy atom. The minimum absolute atomic E-state index is 0.0325. The van der Waals surface area contributed by atoms with Crippen molar-refractivity contribution in [3.8, 4) is 11.5 Å². The first-order chi connectivity index (χ1) is 10.4. The van der Waals surface area contributed by atoms with Crippen molar-refractivity contribution >= 4 is 23.3 Å². The summed E-state index contributed by atoms with van der Waals surface area (Å²) in [5.74, 6) is -0.474. The smallest absolute Gasteiger partial charge is 0.343 e. The van der Waals surface area contributed by atoms with Crippen LogP contribution < -0.4 is 9.47 Å². The highest BCUT2D eigenvalue weighted by Crippen LogP contribution is 2.29. The van der Waals surface area contributed by atoms with Crippen molar-refractivity contribution in [2.75, 3.05) is 7.11 Å². The van der Waals surface area contributed by atoms with Crippen LogP contribution in [0.4, 0.5) is 5.69 Å². The largest absolute Gasteiger partial charge is 0.490 e. The number of rotatable bonds is 4. The van der Waals surface area contributed by atoms with Crippen LogP contribution in [0.3, 0.4) is 0 Å². The third-order valence-corrected chi connectivity index (χ3v) is 3.21. The fourth-order valence-electron chi connectivity index (χ4n) is 1.81. The van der Waals surface area contributed by atoms with Gasteiger partial charge in [0.15, 0.2) is 5.75 Å². The Balaban J connectivity index is 2.32. The lowest BCUT2D eigenvalue weighted by atomic mass is 10.2. The van der Waals surface area contributed by atoms with Gasteiger partial charge >= 0.3 is 11.7 Å². The number of ether oxygens (including phenoxy) is 2. The van der Waals surface area contributed by atoms with Gasteiger partial charge in [-0.05, 0) is 36.8 Å². The fraction of sp³-hybridized carbons (Fsp3) is 0.133. The van der Waals surface area contributed by atoms with E-state index in [2.05, 4.69) is 0 Å². The van der Waals surface area contributed by atoms with Gasteiger partial charge in [-0.15, -0.1) is 0 Å². The van der Waals surface area contributed by atoms with Gasteiger partial charge in [-0.3, -0.25) is 10.1 Å². The molecule has 0 amide bonds. The molecule has 0 radical (unpaired) electrons. The highest BCUT2D eigenvalue weighted by Gasteiger charge is 2.19. The lowest BCUT2D eigenvalue weighted by molar-refractivity contribution is -0.385. The fourth-order valence-corrected chi connectivity index (χ4v) is 1.96. The number of nitro groups is 1. The molecule has 0 bridgehead atoms. The standard InChI is InChI=1S/C15H12ClNO5/c1-9-3-5-11(16)14(7-9)22-15(18)10-4-6-13(21-2)12(8-10)17(19)20/h3-8H,1-2H3. The quantitative estimate of drug-likeness (QED) is 0.370. The van der Waals surface area contributed by atoms with Gasteiger partial charge in [0.2, 0.25) is 0 Å². The van der Waals surface area contributed by atoms with E-state index in [9.17, 15) is 14.9 Å². The molecule has 0 atom stereocenters. The van der Waals surface area contributed by atoms with Crippen molar-refractivity contribution in [2.45, 2.75) is 6.92 Å². The van der Waals surface area contributed by atoms with E-state index in [-0.39, 0.29) is 27.8 Å². The number of carbonyl (C=O) groups excluding carboxylic acids is 1. The summed E-state index contributed by atoms with van der Waals surface area (Å²) in [6.07, 6.45) is 0. The van der Waals surface area contributed by atoms with Crippen LogP contribution >= 0.6 is 11.6 Å². The van der Waals surface area contributed by atoms with Crippen molar-refractivity contribution in [3.05, 3.63) is 62.7 Å². The van der Waals surface area contributed by atoms with E-state index >= 15 is 0 Å². The van der Waals surface area contributed by atoms with Gasteiger partial charge in [-0.25, -0.2) is 4.79 Å². The molecule has 0 spiro atoms. The van der Waals surface area contributed by atoms with E-state index in [4.69, 9.17) is 21.1 Å². The lowest BCUT2D eigenvalue weighted by Crippen LogP contribution is -2.09. The SMILES string of the molecule is COc1ccc(C(=O)Oc2cc(C)ccc2Cl)cc1[N+](=O)[O-]. The van der Waals surface area contributed by atoms with Crippen LogP contribution in [-0.4, -0.2) is 18.0 Å². The number of esters is 1. The molecule has 0 fully saturated rings. The molecule has 0 unspecified atom stereocenters. The number of hydrogen-bond acceptors (Lipinski definition) is 5. The molecule has 2 aromatic carbocycles. The maximum atomic E-state index is 12.1. The lowest BCUT2D eigenvalue weighted by Gasteiger charge is -2.08. The van der Waals surface area contributed by atoms with Crippen molar-refractivity contribution < 1.29 is 19.2 Å². The molecule has 0 heterocycles. The van der Waals surface area contributed by atoms with Crippen molar-refractivity contribution in [1.82, 2.24) is 0 Å². The highest BCUT2D eigenvalue weighted by molar-refractivity contribution is 6.32. The van der Waals surface area contributed by atoms with E-state index in [1.54, 1.807) is 18.2 Å². The maximum Gasteiger partial charge on any atom is 0.343 e. The zero-order valence-corrected chi connectivity index (χ0v) is 12.6. The van der Waals surface area contributed by atoms with Gasteiger partial charge in [-0.2, -0.15) is 0 Å². The Kier molecular flexibility index (Phi) is 4.62. The number of benzene rings is 2. The summed E-state index contributed by atoms with van der Waals surface area (Å²) in [4.78, 5) is 22.4. The number of nitrogens with zero attached hydrogens (tertiary/aromatic N) is 1. The van der Waals surface area contributed by atoms with E-state index < -0.39 is 10.9 Å². The third-order valence-electron chi connectivity index (χ3n) is 2.90. The average Bonchev–Trinajstić information content (AvgIpc) is 2.50. The molecule has 0 N–H and O–H groups in total. The maximum absolute atomic E-state index is 12.1. The van der Waals surface area contributed by atoms with Gasteiger partial charge in [0.1, 0.15) is 5.75 Å². The van der Waals surface area contributed by atoms with Crippen LogP contribution in [0.2, 0.25) is 5.02 Å². The molecular formula is C15H12ClNO5. The van der Waals surface area contributed by atoms with Crippen molar-refractivity contribution in [3.63, 3.8) is 0 Å². The van der Waals surface area contributed by atoms with Crippen molar-refractivity contribution in [1.29, 1.82) is 0 Å². The first-order valence-electron chi connectivity index (χ1n) is 6.23. The summed E-state index contributed by atoms with van der Waals surface area (Å²) >= 11 is 5.95. The number of nitro benzene ring substituents is 1. The number of methoxy groups -OCH3 is 1. The van der Waals surface area contributed by atoms with Crippen LogP contribution in [0.25, 0.3) is 0 Å². The summed E-state index contributed by atoms with van der Waals surface area (Å²) in [5, 5.41) is 11.2.